The molecule has 0 aliphatic carbocycles. The maximum atomic E-state index is 8.69. The fraction of sp³-hybridized carbons (Fsp3) is 0.900. The van der Waals surface area contributed by atoms with Crippen molar-refractivity contribution in [2.45, 2.75) is 13.8 Å². The van der Waals surface area contributed by atoms with E-state index in [0.29, 0.717) is 6.54 Å². The van der Waals surface area contributed by atoms with Gasteiger partial charge in [0, 0.05) is 32.7 Å². The topological polar surface area (TPSA) is 56.3 Å². The van der Waals surface area contributed by atoms with Crippen LogP contribution in [-0.2, 0) is 0 Å². The van der Waals surface area contributed by atoms with Crippen molar-refractivity contribution in [3.05, 3.63) is 0 Å². The molecule has 1 aliphatic rings. The summed E-state index contributed by atoms with van der Waals surface area (Å²) in [7, 11) is 0. The van der Waals surface area contributed by atoms with Crippen molar-refractivity contribution in [1.82, 2.24) is 9.80 Å². The van der Waals surface area contributed by atoms with Gasteiger partial charge in [-0.2, -0.15) is 5.26 Å². The van der Waals surface area contributed by atoms with Gasteiger partial charge in [-0.15, -0.1) is 0 Å². The summed E-state index contributed by atoms with van der Waals surface area (Å²) < 4.78 is 0. The van der Waals surface area contributed by atoms with Crippen molar-refractivity contribution < 1.29 is 0 Å². The molecule has 0 atom stereocenters. The van der Waals surface area contributed by atoms with Crippen LogP contribution >= 0.6 is 0 Å². The molecule has 14 heavy (non-hydrogen) atoms. The summed E-state index contributed by atoms with van der Waals surface area (Å²) in [5.74, 6) is 0. The van der Waals surface area contributed by atoms with Crippen LogP contribution in [0.25, 0.3) is 0 Å². The average molecular weight is 196 g/mol. The molecule has 0 bridgehead atoms. The predicted octanol–water partition coefficient (Wildman–Crippen LogP) is 0.0700. The molecule has 1 rings (SSSR count). The number of nitriles is 1. The van der Waals surface area contributed by atoms with Gasteiger partial charge in [-0.3, -0.25) is 4.90 Å². The minimum absolute atomic E-state index is 0.189. The minimum atomic E-state index is 0.189. The summed E-state index contributed by atoms with van der Waals surface area (Å²) >= 11 is 0. The third-order valence-electron chi connectivity index (χ3n) is 2.72. The fourth-order valence-corrected chi connectivity index (χ4v) is 1.68. The first-order chi connectivity index (χ1) is 6.57. The van der Waals surface area contributed by atoms with Crippen molar-refractivity contribution in [3.8, 4) is 6.19 Å². The smallest absolute Gasteiger partial charge is 0.179 e. The highest BCUT2D eigenvalue weighted by atomic mass is 15.3. The van der Waals surface area contributed by atoms with Crippen LogP contribution in [-0.4, -0.2) is 49.1 Å². The summed E-state index contributed by atoms with van der Waals surface area (Å²) in [4.78, 5) is 4.20. The molecule has 1 heterocycles. The van der Waals surface area contributed by atoms with Crippen molar-refractivity contribution >= 4 is 0 Å². The number of piperazine rings is 1. The van der Waals surface area contributed by atoms with Gasteiger partial charge in [0.25, 0.3) is 0 Å². The first-order valence-corrected chi connectivity index (χ1v) is 5.14. The number of nitrogens with zero attached hydrogens (tertiary/aromatic N) is 3. The summed E-state index contributed by atoms with van der Waals surface area (Å²) in [6.07, 6.45) is 2.18. The molecular weight excluding hydrogens is 176 g/mol. The zero-order valence-corrected chi connectivity index (χ0v) is 9.16. The standard InChI is InChI=1S/C10H20N4/c1-10(2,7-11)8-13-3-5-14(9-12)6-4-13/h3-8,11H2,1-2H3. The van der Waals surface area contributed by atoms with Crippen molar-refractivity contribution in [1.29, 1.82) is 5.26 Å². The second-order valence-corrected chi connectivity index (χ2v) is 4.73. The number of nitrogens with two attached hydrogens (primary N) is 1. The van der Waals surface area contributed by atoms with Crippen LogP contribution in [0.2, 0.25) is 0 Å². The Balaban J connectivity index is 2.33. The lowest BCUT2D eigenvalue weighted by Gasteiger charge is -2.36. The molecule has 1 saturated heterocycles. The van der Waals surface area contributed by atoms with E-state index in [4.69, 9.17) is 11.0 Å². The van der Waals surface area contributed by atoms with Gasteiger partial charge in [0.1, 0.15) is 0 Å². The first-order valence-electron chi connectivity index (χ1n) is 5.14. The van der Waals surface area contributed by atoms with E-state index in [9.17, 15) is 0 Å². The van der Waals surface area contributed by atoms with Crippen LogP contribution in [0.4, 0.5) is 0 Å². The maximum absolute atomic E-state index is 8.69. The molecule has 0 unspecified atom stereocenters. The van der Waals surface area contributed by atoms with Gasteiger partial charge in [-0.1, -0.05) is 13.8 Å². The molecule has 0 radical (unpaired) electrons. The Kier molecular flexibility index (Phi) is 3.73. The second kappa shape index (κ2) is 4.63. The minimum Gasteiger partial charge on any atom is -0.330 e. The van der Waals surface area contributed by atoms with Gasteiger partial charge in [0.05, 0.1) is 0 Å². The quantitative estimate of drug-likeness (QED) is 0.649. The Morgan fingerprint density at radius 3 is 2.29 bits per heavy atom. The zero-order valence-electron chi connectivity index (χ0n) is 9.16. The van der Waals surface area contributed by atoms with E-state index in [1.807, 2.05) is 4.90 Å². The summed E-state index contributed by atoms with van der Waals surface area (Å²) in [5.41, 5.74) is 5.88. The van der Waals surface area contributed by atoms with E-state index in [-0.39, 0.29) is 5.41 Å². The fourth-order valence-electron chi connectivity index (χ4n) is 1.68. The highest BCUT2D eigenvalue weighted by Crippen LogP contribution is 2.15. The maximum Gasteiger partial charge on any atom is 0.179 e. The van der Waals surface area contributed by atoms with Crippen molar-refractivity contribution in [3.63, 3.8) is 0 Å². The number of hydrogen-bond acceptors (Lipinski definition) is 4. The lowest BCUT2D eigenvalue weighted by atomic mass is 9.93. The molecule has 0 amide bonds. The Hall–Kier alpha value is -0.790. The normalized spacial score (nSPS) is 19.4. The second-order valence-electron chi connectivity index (χ2n) is 4.73. The number of hydrogen-bond donors (Lipinski definition) is 1. The monoisotopic (exact) mass is 196 g/mol. The van der Waals surface area contributed by atoms with Gasteiger partial charge in [-0.05, 0) is 12.0 Å². The third-order valence-corrected chi connectivity index (χ3v) is 2.72. The van der Waals surface area contributed by atoms with E-state index >= 15 is 0 Å². The highest BCUT2D eigenvalue weighted by Gasteiger charge is 2.23. The molecule has 4 nitrogen and oxygen atoms in total. The Bertz CT molecular complexity index is 211. The molecule has 0 aromatic rings. The van der Waals surface area contributed by atoms with Gasteiger partial charge in [-0.25, -0.2) is 0 Å². The lowest BCUT2D eigenvalue weighted by molar-refractivity contribution is 0.126. The lowest BCUT2D eigenvalue weighted by Crippen LogP contribution is -2.48. The molecule has 0 aromatic heterocycles. The molecule has 1 fully saturated rings. The first kappa shape index (κ1) is 11.3. The highest BCUT2D eigenvalue weighted by molar-refractivity contribution is 4.83. The average Bonchev–Trinajstić information content (AvgIpc) is 2.19. The summed E-state index contributed by atoms with van der Waals surface area (Å²) in [6, 6.07) is 0. The molecule has 80 valence electrons. The third kappa shape index (κ3) is 3.17. The largest absolute Gasteiger partial charge is 0.330 e. The van der Waals surface area contributed by atoms with Gasteiger partial charge < -0.3 is 10.6 Å². The molecule has 1 aliphatic heterocycles. The van der Waals surface area contributed by atoms with Gasteiger partial charge in [0.2, 0.25) is 0 Å². The molecular formula is C10H20N4. The Labute approximate surface area is 86.3 Å². The van der Waals surface area contributed by atoms with E-state index < -0.39 is 0 Å². The van der Waals surface area contributed by atoms with Crippen LogP contribution in [0.15, 0.2) is 0 Å². The Morgan fingerprint density at radius 2 is 1.86 bits per heavy atom. The zero-order chi connectivity index (χ0) is 10.6. The predicted molar refractivity (Wildman–Crippen MR) is 56.5 cm³/mol. The molecule has 0 spiro atoms. The van der Waals surface area contributed by atoms with Crippen LogP contribution in [0.3, 0.4) is 0 Å². The molecule has 0 aromatic carbocycles. The van der Waals surface area contributed by atoms with Gasteiger partial charge in [0.15, 0.2) is 6.19 Å². The van der Waals surface area contributed by atoms with E-state index in [1.54, 1.807) is 0 Å². The summed E-state index contributed by atoms with van der Waals surface area (Å²) in [6.45, 7) is 9.80. The molecule has 4 heteroatoms. The van der Waals surface area contributed by atoms with Crippen LogP contribution in [0, 0.1) is 16.9 Å². The summed E-state index contributed by atoms with van der Waals surface area (Å²) in [5, 5.41) is 8.69. The Morgan fingerprint density at radius 1 is 1.29 bits per heavy atom. The van der Waals surface area contributed by atoms with Crippen molar-refractivity contribution in [2.75, 3.05) is 39.3 Å². The SMILES string of the molecule is CC(C)(CN)CN1CCN(C#N)CC1. The van der Waals surface area contributed by atoms with E-state index in [1.165, 1.54) is 0 Å². The van der Waals surface area contributed by atoms with Crippen LogP contribution < -0.4 is 5.73 Å². The molecule has 2 N–H and O–H groups in total. The van der Waals surface area contributed by atoms with Crippen LogP contribution in [0.5, 0.6) is 0 Å². The van der Waals surface area contributed by atoms with E-state index in [2.05, 4.69) is 24.9 Å². The van der Waals surface area contributed by atoms with Gasteiger partial charge >= 0.3 is 0 Å². The van der Waals surface area contributed by atoms with E-state index in [0.717, 1.165) is 32.7 Å². The number of rotatable bonds is 3. The molecule has 0 saturated carbocycles. The van der Waals surface area contributed by atoms with Crippen LogP contribution in [0.1, 0.15) is 13.8 Å². The van der Waals surface area contributed by atoms with Crippen molar-refractivity contribution in [2.24, 2.45) is 11.1 Å².